The number of benzene rings is 3. The van der Waals surface area contributed by atoms with Gasteiger partial charge in [-0.05, 0) is 91.6 Å². The highest BCUT2D eigenvalue weighted by Gasteiger charge is 2.29. The van der Waals surface area contributed by atoms with Gasteiger partial charge < -0.3 is 15.3 Å². The van der Waals surface area contributed by atoms with E-state index in [4.69, 9.17) is 13.6 Å². The second kappa shape index (κ2) is 36.2. The molecule has 0 saturated carbocycles. The Kier molecular flexibility index (Phi) is 31.5. The Labute approximate surface area is 397 Å². The van der Waals surface area contributed by atoms with Crippen LogP contribution in [0.5, 0.6) is 17.2 Å². The topological polar surface area (TPSA) is 105 Å². The molecule has 0 unspecified atom stereocenters. The summed E-state index contributed by atoms with van der Waals surface area (Å²) in [5.41, 5.74) is 4.78. The number of rotatable bonds is 42. The van der Waals surface area contributed by atoms with Gasteiger partial charge in [0.05, 0.1) is 19.8 Å². The molecule has 0 aromatic heterocycles. The van der Waals surface area contributed by atoms with Crippen LogP contribution < -0.4 is 0 Å². The summed E-state index contributed by atoms with van der Waals surface area (Å²) in [6, 6.07) is 16.6. The van der Waals surface area contributed by atoms with Gasteiger partial charge in [-0.25, -0.2) is 4.57 Å². The first kappa shape index (κ1) is 56.5. The number of phosphoric acid groups is 1. The fourth-order valence-corrected chi connectivity index (χ4v) is 9.85. The summed E-state index contributed by atoms with van der Waals surface area (Å²) in [5, 5.41) is 32.6. The van der Waals surface area contributed by atoms with Crippen LogP contribution in [0.1, 0.15) is 247 Å². The molecule has 0 bridgehead atoms. The number of phosphoric ester groups is 1. The van der Waals surface area contributed by atoms with Crippen molar-refractivity contribution in [2.45, 2.75) is 252 Å². The van der Waals surface area contributed by atoms with Gasteiger partial charge in [-0.15, -0.1) is 0 Å². The summed E-state index contributed by atoms with van der Waals surface area (Å²) in [4.78, 5) is 0. The highest BCUT2D eigenvalue weighted by Crippen LogP contribution is 2.52. The van der Waals surface area contributed by atoms with Gasteiger partial charge in [0.25, 0.3) is 0 Å². The molecule has 0 fully saturated rings. The molecule has 0 spiro atoms. The van der Waals surface area contributed by atoms with E-state index in [0.717, 1.165) is 55.2 Å². The van der Waals surface area contributed by atoms with Crippen LogP contribution in [0, 0.1) is 0 Å². The standard InChI is InChI=1S/C57H93O7P/c1-4-7-10-13-16-19-22-25-28-31-34-49-37-40-55(58)52(43-49)46-62-65(61,63-47-53-44-50(38-41-56(53)59)35-32-29-26-23-20-17-14-11-8-5-2)64-48-54-45-51(39-42-57(54)60)36-33-30-27-24-21-18-15-12-9-6-3/h37-45,58-60H,4-36,46-48H2,1-3H3. The predicted molar refractivity (Wildman–Crippen MR) is 273 cm³/mol. The van der Waals surface area contributed by atoms with Crippen LogP contribution in [-0.4, -0.2) is 15.3 Å². The summed E-state index contributed by atoms with van der Waals surface area (Å²) in [6.07, 6.45) is 40.8. The number of aryl methyl sites for hydroxylation is 3. The third kappa shape index (κ3) is 26.3. The molecule has 3 aromatic rings. The molecule has 3 aromatic carbocycles. The van der Waals surface area contributed by atoms with Crippen molar-refractivity contribution in [2.75, 3.05) is 0 Å². The average Bonchev–Trinajstić information content (AvgIpc) is 3.31. The molecule has 0 heterocycles. The minimum Gasteiger partial charge on any atom is -0.508 e. The molecule has 0 aliphatic rings. The quantitative estimate of drug-likeness (QED) is 0.0384. The van der Waals surface area contributed by atoms with E-state index in [1.165, 1.54) is 173 Å². The van der Waals surface area contributed by atoms with Gasteiger partial charge >= 0.3 is 7.82 Å². The Hall–Kier alpha value is -2.83. The predicted octanol–water partition coefficient (Wildman–Crippen LogP) is 18.3. The number of hydrogen-bond donors (Lipinski definition) is 3. The molecule has 7 nitrogen and oxygen atoms in total. The molecule has 0 radical (unpaired) electrons. The maximum Gasteiger partial charge on any atom is 0.475 e. The van der Waals surface area contributed by atoms with E-state index in [1.807, 2.05) is 36.4 Å². The SMILES string of the molecule is CCCCCCCCCCCCc1ccc(O)c(COP(=O)(OCc2cc(CCCCCCCCCCCC)ccc2O)OCc2cc(CCCCCCCCCCCC)ccc2O)c1. The van der Waals surface area contributed by atoms with Crippen molar-refractivity contribution in [3.63, 3.8) is 0 Å². The van der Waals surface area contributed by atoms with Crippen LogP contribution in [0.15, 0.2) is 54.6 Å². The zero-order valence-corrected chi connectivity index (χ0v) is 42.5. The van der Waals surface area contributed by atoms with Gasteiger partial charge in [0.2, 0.25) is 0 Å². The normalized spacial score (nSPS) is 11.8. The zero-order chi connectivity index (χ0) is 46.6. The van der Waals surface area contributed by atoms with Crippen molar-refractivity contribution >= 4 is 7.82 Å². The first-order chi connectivity index (χ1) is 31.8. The molecule has 65 heavy (non-hydrogen) atoms. The van der Waals surface area contributed by atoms with E-state index >= 15 is 0 Å². The van der Waals surface area contributed by atoms with Gasteiger partial charge in [-0.1, -0.05) is 212 Å². The van der Waals surface area contributed by atoms with Crippen LogP contribution in [0.2, 0.25) is 0 Å². The van der Waals surface area contributed by atoms with E-state index in [1.54, 1.807) is 18.2 Å². The molecule has 0 atom stereocenters. The molecule has 3 rings (SSSR count). The number of phenolic OH excluding ortho intramolecular Hbond substituents is 3. The highest BCUT2D eigenvalue weighted by molar-refractivity contribution is 7.48. The van der Waals surface area contributed by atoms with Crippen molar-refractivity contribution in [3.8, 4) is 17.2 Å². The molecular weight excluding hydrogens is 828 g/mol. The first-order valence-corrected chi connectivity index (χ1v) is 28.2. The van der Waals surface area contributed by atoms with Crippen LogP contribution in [0.3, 0.4) is 0 Å². The second-order valence-corrected chi connectivity index (χ2v) is 20.6. The lowest BCUT2D eigenvalue weighted by molar-refractivity contribution is 0.0963. The van der Waals surface area contributed by atoms with Crippen LogP contribution in [0.25, 0.3) is 0 Å². The lowest BCUT2D eigenvalue weighted by Crippen LogP contribution is -2.03. The van der Waals surface area contributed by atoms with Gasteiger partial charge in [-0.3, -0.25) is 13.6 Å². The minimum atomic E-state index is -4.29. The molecule has 3 N–H and O–H groups in total. The average molecular weight is 921 g/mol. The number of phenols is 3. The molecule has 0 aliphatic heterocycles. The Morgan fingerprint density at radius 2 is 0.554 bits per heavy atom. The Bertz CT molecular complexity index is 1500. The number of aromatic hydroxyl groups is 3. The summed E-state index contributed by atoms with van der Waals surface area (Å²) >= 11 is 0. The van der Waals surface area contributed by atoms with Crippen LogP contribution in [0.4, 0.5) is 0 Å². The third-order valence-corrected chi connectivity index (χ3v) is 14.4. The lowest BCUT2D eigenvalue weighted by atomic mass is 10.0. The van der Waals surface area contributed by atoms with Crippen molar-refractivity contribution in [1.29, 1.82) is 0 Å². The van der Waals surface area contributed by atoms with Crippen molar-refractivity contribution in [2.24, 2.45) is 0 Å². The highest BCUT2D eigenvalue weighted by atomic mass is 31.2. The van der Waals surface area contributed by atoms with Crippen molar-refractivity contribution < 1.29 is 33.5 Å². The molecular formula is C57H93O7P. The third-order valence-electron chi connectivity index (χ3n) is 13.0. The van der Waals surface area contributed by atoms with Gasteiger partial charge in [0.1, 0.15) is 17.2 Å². The smallest absolute Gasteiger partial charge is 0.475 e. The van der Waals surface area contributed by atoms with Gasteiger partial charge in [0.15, 0.2) is 0 Å². The van der Waals surface area contributed by atoms with Gasteiger partial charge in [-0.2, -0.15) is 0 Å². The van der Waals surface area contributed by atoms with Crippen molar-refractivity contribution in [3.05, 3.63) is 88.0 Å². The largest absolute Gasteiger partial charge is 0.508 e. The Balaban J connectivity index is 1.61. The summed E-state index contributed by atoms with van der Waals surface area (Å²) in [5.74, 6) is 0.161. The first-order valence-electron chi connectivity index (χ1n) is 26.7. The van der Waals surface area contributed by atoms with E-state index in [0.29, 0.717) is 16.7 Å². The van der Waals surface area contributed by atoms with Crippen LogP contribution in [-0.2, 0) is 57.2 Å². The molecule has 8 heteroatoms. The minimum absolute atomic E-state index is 0.0537. The summed E-state index contributed by atoms with van der Waals surface area (Å²) in [6.45, 7) is 6.20. The number of unbranched alkanes of at least 4 members (excludes halogenated alkanes) is 27. The Morgan fingerprint density at radius 1 is 0.338 bits per heavy atom. The van der Waals surface area contributed by atoms with E-state index in [9.17, 15) is 19.9 Å². The molecule has 368 valence electrons. The summed E-state index contributed by atoms with van der Waals surface area (Å²) < 4.78 is 32.5. The maximum absolute atomic E-state index is 14.5. The number of hydrogen-bond acceptors (Lipinski definition) is 7. The molecule has 0 aliphatic carbocycles. The fraction of sp³-hybridized carbons (Fsp3) is 0.684. The van der Waals surface area contributed by atoms with E-state index in [-0.39, 0.29) is 37.1 Å². The van der Waals surface area contributed by atoms with Gasteiger partial charge in [0, 0.05) is 16.7 Å². The van der Waals surface area contributed by atoms with Crippen molar-refractivity contribution in [1.82, 2.24) is 0 Å². The molecule has 0 amide bonds. The van der Waals surface area contributed by atoms with E-state index in [2.05, 4.69) is 20.8 Å². The molecule has 0 saturated heterocycles. The lowest BCUT2D eigenvalue weighted by Gasteiger charge is -2.20. The second-order valence-electron chi connectivity index (χ2n) is 19.0. The summed E-state index contributed by atoms with van der Waals surface area (Å²) in [7, 11) is -4.29. The van der Waals surface area contributed by atoms with Crippen LogP contribution >= 0.6 is 7.82 Å². The Morgan fingerprint density at radius 3 is 0.785 bits per heavy atom. The van der Waals surface area contributed by atoms with E-state index < -0.39 is 7.82 Å². The fourth-order valence-electron chi connectivity index (χ4n) is 8.74. The zero-order valence-electron chi connectivity index (χ0n) is 41.6. The monoisotopic (exact) mass is 921 g/mol. The maximum atomic E-state index is 14.5.